The Bertz CT molecular complexity index is 3440. The summed E-state index contributed by atoms with van der Waals surface area (Å²) in [6.07, 6.45) is 11.9. The Labute approximate surface area is 556 Å². The average Bonchev–Trinajstić information content (AvgIpc) is 1.54. The molecule has 1 aliphatic carbocycles. The van der Waals surface area contributed by atoms with Crippen LogP contribution in [0.1, 0.15) is 125 Å². The monoisotopic (exact) mass is 1330 g/mol. The van der Waals surface area contributed by atoms with E-state index in [1.54, 1.807) is 54.8 Å². The molecule has 7 atom stereocenters. The van der Waals surface area contributed by atoms with Gasteiger partial charge in [0.05, 0.1) is 12.9 Å². The first-order valence-corrected chi connectivity index (χ1v) is 35.3. The Hall–Kier alpha value is -7.97. The molecule has 506 valence electrons. The lowest BCUT2D eigenvalue weighted by Crippen LogP contribution is -2.62. The van der Waals surface area contributed by atoms with Gasteiger partial charge < -0.3 is 67.4 Å². The summed E-state index contributed by atoms with van der Waals surface area (Å²) in [6, 6.07) is 11.3. The number of imidazole rings is 1. The quantitative estimate of drug-likeness (QED) is 0.0751. The van der Waals surface area contributed by atoms with Crippen LogP contribution in [0, 0.1) is 11.7 Å². The van der Waals surface area contributed by atoms with Gasteiger partial charge in [-0.05, 0) is 123 Å². The van der Waals surface area contributed by atoms with Crippen molar-refractivity contribution in [3.63, 3.8) is 0 Å². The summed E-state index contributed by atoms with van der Waals surface area (Å²) in [7, 11) is 1.48. The maximum Gasteiger partial charge on any atom is 0.246 e. The minimum Gasteiger partial charge on any atom is -0.508 e. The molecule has 2 aromatic heterocycles. The van der Waals surface area contributed by atoms with Crippen LogP contribution >= 0.6 is 23.5 Å². The third-order valence-electron chi connectivity index (χ3n) is 18.6. The largest absolute Gasteiger partial charge is 0.508 e. The summed E-state index contributed by atoms with van der Waals surface area (Å²) in [5.41, 5.74) is 8.82. The number of unbranched alkanes of at least 4 members (excludes halogenated alkanes) is 1. The predicted molar refractivity (Wildman–Crippen MR) is 358 cm³/mol. The number of nitrogens with two attached hydrogens (primary N) is 1. The maximum absolute atomic E-state index is 15.5. The van der Waals surface area contributed by atoms with Gasteiger partial charge in [0.15, 0.2) is 0 Å². The smallest absolute Gasteiger partial charge is 0.246 e. The van der Waals surface area contributed by atoms with Crippen molar-refractivity contribution in [3.8, 4) is 5.75 Å². The van der Waals surface area contributed by atoms with Crippen molar-refractivity contribution >= 4 is 87.6 Å². The fraction of sp³-hybridized carbons (Fsp3) is 0.529. The number of nitrogens with zero attached hydrogens (tertiary/aromatic N) is 4. The number of phenolic OH excluding ortho intramolecular Hbond substituents is 1. The fourth-order valence-electron chi connectivity index (χ4n) is 13.3. The summed E-state index contributed by atoms with van der Waals surface area (Å²) in [5, 5.41) is 28.1. The molecule has 94 heavy (non-hydrogen) atoms. The van der Waals surface area contributed by atoms with Crippen molar-refractivity contribution in [2.24, 2.45) is 11.7 Å². The Morgan fingerprint density at radius 2 is 1.44 bits per heavy atom. The molecule has 2 saturated heterocycles. The number of fused-ring (bicyclic) bond motifs is 5. The number of benzene rings is 3. The van der Waals surface area contributed by atoms with Gasteiger partial charge in [-0.3, -0.25) is 43.2 Å². The standard InChI is InChI=1S/C68H90FN13O10S2/c1-68-24-10-28-82(68)66(91)58(33-44-17-20-50(83)21-18-44)80(2)64(89)56(36-49-38-71-42-75-49)79-63(88)57-16-9-27-81(57)65(90)55(34-47-37-73-52-22-19-48(69)35-51(47)52)78-62(87)54(32-43-11-4-3-5-12-43)77-60(85)39-74-61(86)53(15-6-7-25-70)76-59(84)23-29-93-40-45-13-8-14-46(31-45)41-94-30-26-72-67(68)92/h8,13-14,17-22,31,35,37-38,42-43,53-58,73,83H,3-7,9-12,15-16,23-30,32-34,36,39-41,70H2,1-2H3,(H,71,75)(H,72,92)(H,74,86)(H,76,84)(H,77,85)(H,78,87)(H,79,88)/t53-,54-,55-,56-,57-,58-,68-/m0/s1. The highest BCUT2D eigenvalue weighted by Crippen LogP contribution is 2.33. The van der Waals surface area contributed by atoms with E-state index >= 15 is 24.0 Å². The summed E-state index contributed by atoms with van der Waals surface area (Å²) < 4.78 is 15.0. The number of thioether (sulfide) groups is 2. The second-order valence-electron chi connectivity index (χ2n) is 25.4. The van der Waals surface area contributed by atoms with E-state index in [4.69, 9.17) is 5.73 Å². The molecule has 1 saturated carbocycles. The third-order valence-corrected chi connectivity index (χ3v) is 20.6. The van der Waals surface area contributed by atoms with Crippen LogP contribution in [-0.4, -0.2) is 181 Å². The summed E-state index contributed by atoms with van der Waals surface area (Å²) in [4.78, 5) is 146. The van der Waals surface area contributed by atoms with Gasteiger partial charge in [0.2, 0.25) is 53.2 Å². The number of halogens is 1. The Kier molecular flexibility index (Phi) is 25.4. The first-order chi connectivity index (χ1) is 45.4. The van der Waals surface area contributed by atoms with E-state index in [2.05, 4.69) is 52.9 Å². The van der Waals surface area contributed by atoms with E-state index in [0.717, 1.165) is 43.2 Å². The number of aromatic amines is 2. The number of phenols is 1. The SMILES string of the molecule is CN1C(=O)[C@H](Cc2cnc[nH]2)NC(=O)[C@@H]2CCCN2C(=O)[C@H](Cc2c[nH]c3ccc(F)cc23)NC(=O)[C@H](CC2CCCCC2)NC(=O)CNC(=O)[C@H](CCCCN)NC(=O)CCSCc2cccc(c2)CSCCNC(=O)[C@]2(C)CCCN2C(=O)[C@@H]1Cc1ccc(O)cc1. The number of nitrogens with one attached hydrogen (secondary N) is 8. The highest BCUT2D eigenvalue weighted by atomic mass is 32.2. The van der Waals surface area contributed by atoms with Crippen LogP contribution in [0.5, 0.6) is 5.75 Å². The number of hydrogen-bond donors (Lipinski definition) is 10. The van der Waals surface area contributed by atoms with Crippen LogP contribution in [0.3, 0.4) is 0 Å². The molecule has 23 nitrogen and oxygen atoms in total. The first kappa shape index (κ1) is 70.3. The predicted octanol–water partition coefficient (Wildman–Crippen LogP) is 4.80. The van der Waals surface area contributed by atoms with Crippen LogP contribution in [0.25, 0.3) is 10.9 Å². The number of aromatic hydroxyl groups is 1. The molecule has 9 rings (SSSR count). The van der Waals surface area contributed by atoms with Gasteiger partial charge >= 0.3 is 0 Å². The van der Waals surface area contributed by atoms with Crippen molar-refractivity contribution < 1.29 is 52.6 Å². The number of carbonyl (C=O) groups excluding carboxylic acids is 9. The van der Waals surface area contributed by atoms with E-state index in [1.807, 2.05) is 18.2 Å². The van der Waals surface area contributed by atoms with Crippen molar-refractivity contribution in [1.82, 2.24) is 61.6 Å². The zero-order valence-corrected chi connectivity index (χ0v) is 55.3. The zero-order chi connectivity index (χ0) is 66.7. The van der Waals surface area contributed by atoms with Crippen LogP contribution in [0.4, 0.5) is 4.39 Å². The van der Waals surface area contributed by atoms with Gasteiger partial charge in [0, 0.05) is 104 Å². The second-order valence-corrected chi connectivity index (χ2v) is 27.6. The summed E-state index contributed by atoms with van der Waals surface area (Å²) in [5.74, 6) is -3.25. The molecule has 0 spiro atoms. The molecule has 4 aliphatic rings. The molecule has 26 heteroatoms. The number of H-pyrrole nitrogens is 2. The lowest BCUT2D eigenvalue weighted by molar-refractivity contribution is -0.152. The molecule has 3 aliphatic heterocycles. The highest BCUT2D eigenvalue weighted by molar-refractivity contribution is 7.98. The number of rotatable bonds is 12. The van der Waals surface area contributed by atoms with E-state index in [0.29, 0.717) is 95.9 Å². The number of amides is 9. The Balaban J connectivity index is 1.02. The lowest BCUT2D eigenvalue weighted by atomic mass is 9.84. The molecule has 0 radical (unpaired) electrons. The van der Waals surface area contributed by atoms with Crippen LogP contribution in [-0.2, 0) is 73.9 Å². The van der Waals surface area contributed by atoms with Crippen LogP contribution < -0.4 is 37.6 Å². The van der Waals surface area contributed by atoms with Crippen molar-refractivity contribution in [2.45, 2.75) is 169 Å². The molecule has 2 bridgehead atoms. The minimum atomic E-state index is -1.38. The normalized spacial score (nSPS) is 24.8. The van der Waals surface area contributed by atoms with E-state index in [-0.39, 0.29) is 81.5 Å². The Morgan fingerprint density at radius 1 is 0.702 bits per heavy atom. The molecular formula is C68H90FN13O10S2. The number of aromatic nitrogens is 3. The van der Waals surface area contributed by atoms with Crippen molar-refractivity contribution in [3.05, 3.63) is 119 Å². The minimum absolute atomic E-state index is 0.00199. The molecule has 5 aromatic rings. The van der Waals surface area contributed by atoms with Crippen LogP contribution in [0.2, 0.25) is 0 Å². The summed E-state index contributed by atoms with van der Waals surface area (Å²) >= 11 is 3.22. The van der Waals surface area contributed by atoms with Crippen molar-refractivity contribution in [1.29, 1.82) is 0 Å². The van der Waals surface area contributed by atoms with Gasteiger partial charge in [-0.1, -0.05) is 68.5 Å². The third kappa shape index (κ3) is 18.9. The van der Waals surface area contributed by atoms with Gasteiger partial charge in [-0.25, -0.2) is 9.37 Å². The molecule has 9 amide bonds. The first-order valence-electron chi connectivity index (χ1n) is 33.0. The molecule has 5 heterocycles. The molecule has 11 N–H and O–H groups in total. The topological polar surface area (TPSA) is 326 Å². The molecular weight excluding hydrogens is 1240 g/mol. The number of hydrogen-bond acceptors (Lipinski definition) is 14. The van der Waals surface area contributed by atoms with Gasteiger partial charge in [0.25, 0.3) is 0 Å². The van der Waals surface area contributed by atoms with E-state index in [9.17, 15) is 28.7 Å². The van der Waals surface area contributed by atoms with Gasteiger partial charge in [-0.2, -0.15) is 23.5 Å². The van der Waals surface area contributed by atoms with Crippen molar-refractivity contribution in [2.75, 3.05) is 51.3 Å². The van der Waals surface area contributed by atoms with Crippen LogP contribution in [0.15, 0.2) is 85.5 Å². The fourth-order valence-corrected chi connectivity index (χ4v) is 15.0. The number of carbonyl (C=O) groups is 9. The highest BCUT2D eigenvalue weighted by Gasteiger charge is 2.49. The van der Waals surface area contributed by atoms with E-state index in [1.165, 1.54) is 58.5 Å². The molecule has 3 aromatic carbocycles. The average molecular weight is 1330 g/mol. The van der Waals surface area contributed by atoms with E-state index < -0.39 is 95.5 Å². The number of likely N-dealkylation sites (N-methyl/N-ethyl adjacent to an activating group) is 1. The van der Waals surface area contributed by atoms with Gasteiger partial charge in [0.1, 0.15) is 53.4 Å². The zero-order valence-electron chi connectivity index (χ0n) is 53.7. The second kappa shape index (κ2) is 33.9. The Morgan fingerprint density at radius 3 is 2.18 bits per heavy atom. The summed E-state index contributed by atoms with van der Waals surface area (Å²) in [6.45, 7) is 2.22. The molecule has 3 fully saturated rings. The molecule has 0 unspecified atom stereocenters. The maximum atomic E-state index is 15.5. The van der Waals surface area contributed by atoms with Gasteiger partial charge in [-0.15, -0.1) is 0 Å². The lowest BCUT2D eigenvalue weighted by Gasteiger charge is -2.39.